The van der Waals surface area contributed by atoms with E-state index >= 15 is 0 Å². The van der Waals surface area contributed by atoms with Crippen LogP contribution >= 0.6 is 0 Å². The summed E-state index contributed by atoms with van der Waals surface area (Å²) in [4.78, 5) is 0. The van der Waals surface area contributed by atoms with Crippen molar-refractivity contribution in [3.8, 4) is 5.75 Å². The third-order valence-electron chi connectivity index (χ3n) is 1.55. The Morgan fingerprint density at radius 2 is 1.85 bits per heavy atom. The third-order valence-corrected chi connectivity index (χ3v) is 1.55. The average Bonchev–Trinajstić information content (AvgIpc) is 2.05. The van der Waals surface area contributed by atoms with Crippen molar-refractivity contribution >= 4 is 17.0 Å². The first-order valence-corrected chi connectivity index (χ1v) is 3.35. The molecule has 0 saturated heterocycles. The minimum atomic E-state index is 0. The summed E-state index contributed by atoms with van der Waals surface area (Å²) in [5, 5.41) is 0. The van der Waals surface area contributed by atoms with Gasteiger partial charge in [0.1, 0.15) is 12.4 Å². The largest absolute Gasteiger partial charge is 0.489 e. The molecule has 1 aliphatic heterocycles. The molecule has 1 nitrogen and oxygen atoms in total. The Bertz CT molecular complexity index is 278. The summed E-state index contributed by atoms with van der Waals surface area (Å²) >= 11 is 0. The molecule has 1 aliphatic rings. The maximum Gasteiger partial charge on any atom is 0.126 e. The molecule has 65 valence electrons. The van der Waals surface area contributed by atoms with Crippen LogP contribution in [0.25, 0.3) is 6.08 Å². The SMILES string of the molecule is C1=Cc2ccccc2OC1.[Mo].[Si].[V]. The van der Waals surface area contributed by atoms with E-state index in [-0.39, 0.29) is 50.6 Å². The fourth-order valence-electron chi connectivity index (χ4n) is 1.06. The van der Waals surface area contributed by atoms with Gasteiger partial charge in [-0.3, -0.25) is 0 Å². The smallest absolute Gasteiger partial charge is 0.126 e. The van der Waals surface area contributed by atoms with Crippen molar-refractivity contribution in [1.82, 2.24) is 0 Å². The first-order chi connectivity index (χ1) is 4.97. The number of para-hydroxylation sites is 1. The quantitative estimate of drug-likeness (QED) is 0.663. The van der Waals surface area contributed by atoms with E-state index < -0.39 is 0 Å². The van der Waals surface area contributed by atoms with Crippen LogP contribution in [0.2, 0.25) is 0 Å². The Hall–Kier alpha value is 0.250. The predicted molar refractivity (Wildman–Crippen MR) is 46.7 cm³/mol. The van der Waals surface area contributed by atoms with Crippen molar-refractivity contribution in [1.29, 1.82) is 0 Å². The molecule has 0 unspecified atom stereocenters. The zero-order valence-corrected chi connectivity index (χ0v) is 11.3. The summed E-state index contributed by atoms with van der Waals surface area (Å²) in [6.07, 6.45) is 4.10. The monoisotopic (exact) mass is 309 g/mol. The number of hydrogen-bond donors (Lipinski definition) is 0. The topological polar surface area (TPSA) is 9.23 Å². The summed E-state index contributed by atoms with van der Waals surface area (Å²) in [5.41, 5.74) is 1.17. The normalized spacial score (nSPS) is 10.8. The van der Waals surface area contributed by atoms with Crippen LogP contribution in [0, 0.1) is 0 Å². The fourth-order valence-corrected chi connectivity index (χ4v) is 1.06. The molecule has 1 aromatic carbocycles. The Kier molecular flexibility index (Phi) is 9.23. The first kappa shape index (κ1) is 15.7. The van der Waals surface area contributed by atoms with E-state index in [1.807, 2.05) is 30.3 Å². The van der Waals surface area contributed by atoms with Crippen molar-refractivity contribution in [3.05, 3.63) is 35.9 Å². The maximum absolute atomic E-state index is 5.34. The van der Waals surface area contributed by atoms with E-state index in [9.17, 15) is 0 Å². The third kappa shape index (κ3) is 3.86. The van der Waals surface area contributed by atoms with Gasteiger partial charge in [-0.2, -0.15) is 0 Å². The van der Waals surface area contributed by atoms with Crippen LogP contribution in [0.5, 0.6) is 5.75 Å². The second-order valence-electron chi connectivity index (χ2n) is 2.25. The fraction of sp³-hybridized carbons (Fsp3) is 0.111. The summed E-state index contributed by atoms with van der Waals surface area (Å²) in [5.74, 6) is 0.991. The van der Waals surface area contributed by atoms with Gasteiger partial charge in [0.15, 0.2) is 0 Å². The summed E-state index contributed by atoms with van der Waals surface area (Å²) in [6, 6.07) is 8.03. The van der Waals surface area contributed by atoms with E-state index in [1.165, 1.54) is 5.56 Å². The Labute approximate surface area is 109 Å². The number of ether oxygens (including phenoxy) is 1. The summed E-state index contributed by atoms with van der Waals surface area (Å²) in [7, 11) is 0. The van der Waals surface area contributed by atoms with Gasteiger partial charge in [-0.15, -0.1) is 0 Å². The molecule has 0 aromatic heterocycles. The van der Waals surface area contributed by atoms with Crippen LogP contribution in [-0.2, 0) is 39.6 Å². The van der Waals surface area contributed by atoms with Crippen LogP contribution in [0.1, 0.15) is 5.56 Å². The van der Waals surface area contributed by atoms with Crippen molar-refractivity contribution in [2.45, 2.75) is 0 Å². The van der Waals surface area contributed by atoms with Gasteiger partial charge in [0.05, 0.1) is 0 Å². The molecule has 13 heavy (non-hydrogen) atoms. The zero-order valence-electron chi connectivity index (χ0n) is 6.93. The van der Waals surface area contributed by atoms with Crippen LogP contribution in [0.3, 0.4) is 0 Å². The van der Waals surface area contributed by atoms with Crippen LogP contribution in [0.4, 0.5) is 0 Å². The van der Waals surface area contributed by atoms with Gasteiger partial charge in [-0.05, 0) is 12.1 Å². The minimum absolute atomic E-state index is 0. The van der Waals surface area contributed by atoms with Gasteiger partial charge in [-0.1, -0.05) is 24.3 Å². The number of hydrogen-bond acceptors (Lipinski definition) is 1. The molecular formula is C9H8MoOSiV. The van der Waals surface area contributed by atoms with Crippen molar-refractivity contribution in [2.75, 3.05) is 6.61 Å². The zero-order chi connectivity index (χ0) is 6.81. The minimum Gasteiger partial charge on any atom is -0.489 e. The Morgan fingerprint density at radius 3 is 2.54 bits per heavy atom. The molecule has 0 spiro atoms. The summed E-state index contributed by atoms with van der Waals surface area (Å²) < 4.78 is 5.34. The van der Waals surface area contributed by atoms with Crippen molar-refractivity contribution in [3.63, 3.8) is 0 Å². The molecule has 5 radical (unpaired) electrons. The molecule has 0 fully saturated rings. The van der Waals surface area contributed by atoms with Gasteiger partial charge in [0.2, 0.25) is 0 Å². The Balaban J connectivity index is 0. The van der Waals surface area contributed by atoms with Crippen LogP contribution in [0.15, 0.2) is 30.3 Å². The van der Waals surface area contributed by atoms with Gasteiger partial charge in [0.25, 0.3) is 0 Å². The maximum atomic E-state index is 5.34. The number of rotatable bonds is 0. The summed E-state index contributed by atoms with van der Waals surface area (Å²) in [6.45, 7) is 0.705. The molecule has 1 heterocycles. The molecule has 0 bridgehead atoms. The second kappa shape index (κ2) is 7.63. The first-order valence-electron chi connectivity index (χ1n) is 3.35. The van der Waals surface area contributed by atoms with E-state index in [2.05, 4.69) is 6.08 Å². The number of benzene rings is 1. The molecule has 1 aromatic rings. The Morgan fingerprint density at radius 1 is 1.15 bits per heavy atom. The van der Waals surface area contributed by atoms with Crippen LogP contribution in [-0.4, -0.2) is 17.6 Å². The van der Waals surface area contributed by atoms with Crippen molar-refractivity contribution < 1.29 is 44.4 Å². The van der Waals surface area contributed by atoms with E-state index in [4.69, 9.17) is 4.74 Å². The standard InChI is InChI=1S/C9H8O.Mo.Si.V/c1-2-6-9-8(4-1)5-3-7-10-9;;;/h1-6H,7H2;;;. The number of fused-ring (bicyclic) bond motifs is 1. The van der Waals surface area contributed by atoms with E-state index in [0.29, 0.717) is 6.61 Å². The molecule has 0 N–H and O–H groups in total. The predicted octanol–water partition coefficient (Wildman–Crippen LogP) is 1.71. The van der Waals surface area contributed by atoms with Gasteiger partial charge in [-0.25, -0.2) is 0 Å². The molecular weight excluding hydrogens is 299 g/mol. The molecule has 0 aliphatic carbocycles. The second-order valence-corrected chi connectivity index (χ2v) is 2.25. The molecule has 4 heteroatoms. The molecule has 0 amide bonds. The average molecular weight is 307 g/mol. The van der Waals surface area contributed by atoms with E-state index in [0.717, 1.165) is 5.75 Å². The molecule has 0 atom stereocenters. The van der Waals surface area contributed by atoms with Gasteiger partial charge >= 0.3 is 0 Å². The molecule has 2 rings (SSSR count). The molecule has 0 saturated carbocycles. The van der Waals surface area contributed by atoms with Gasteiger partial charge < -0.3 is 4.74 Å². The van der Waals surface area contributed by atoms with Gasteiger partial charge in [0, 0.05) is 56.1 Å². The van der Waals surface area contributed by atoms with Crippen LogP contribution < -0.4 is 4.74 Å². The van der Waals surface area contributed by atoms with Crippen molar-refractivity contribution in [2.24, 2.45) is 0 Å². The van der Waals surface area contributed by atoms with E-state index in [1.54, 1.807) is 0 Å².